The summed E-state index contributed by atoms with van der Waals surface area (Å²) >= 11 is 0. The molecule has 2 fully saturated rings. The standard InChI is InChI=1S/C14H24N4/c1-12-9-13(17(2)16-12)10-18-8-7-15-11-14(18)5-3-4-6-14/h9,15H,3-8,10-11H2,1-2H3. The molecule has 0 aromatic carbocycles. The molecule has 18 heavy (non-hydrogen) atoms. The zero-order chi connectivity index (χ0) is 12.6. The van der Waals surface area contributed by atoms with Crippen LogP contribution in [0.5, 0.6) is 0 Å². The second kappa shape index (κ2) is 4.67. The number of hydrogen-bond donors (Lipinski definition) is 1. The van der Waals surface area contributed by atoms with Gasteiger partial charge in [-0.1, -0.05) is 12.8 Å². The Morgan fingerprint density at radius 3 is 2.83 bits per heavy atom. The number of hydrogen-bond acceptors (Lipinski definition) is 3. The Kier molecular flexibility index (Phi) is 3.16. The molecule has 2 aliphatic rings. The largest absolute Gasteiger partial charge is 0.314 e. The summed E-state index contributed by atoms with van der Waals surface area (Å²) in [5.41, 5.74) is 2.90. The average Bonchev–Trinajstić information content (AvgIpc) is 2.91. The fourth-order valence-electron chi connectivity index (χ4n) is 3.66. The summed E-state index contributed by atoms with van der Waals surface area (Å²) in [6.45, 7) is 6.60. The van der Waals surface area contributed by atoms with E-state index in [0.717, 1.165) is 18.8 Å². The second-order valence-electron chi connectivity index (χ2n) is 5.93. The van der Waals surface area contributed by atoms with E-state index in [2.05, 4.69) is 35.4 Å². The topological polar surface area (TPSA) is 33.1 Å². The van der Waals surface area contributed by atoms with Gasteiger partial charge in [-0.2, -0.15) is 5.10 Å². The van der Waals surface area contributed by atoms with Crippen molar-refractivity contribution in [3.05, 3.63) is 17.5 Å². The Morgan fingerprint density at radius 1 is 1.39 bits per heavy atom. The van der Waals surface area contributed by atoms with Crippen molar-refractivity contribution in [2.45, 2.75) is 44.7 Å². The fraction of sp³-hybridized carbons (Fsp3) is 0.786. The van der Waals surface area contributed by atoms with Gasteiger partial charge in [0.1, 0.15) is 0 Å². The molecule has 0 atom stereocenters. The Balaban J connectivity index is 1.79. The number of piperazine rings is 1. The molecular formula is C14H24N4. The quantitative estimate of drug-likeness (QED) is 0.860. The zero-order valence-electron chi connectivity index (χ0n) is 11.6. The lowest BCUT2D eigenvalue weighted by molar-refractivity contribution is 0.0550. The van der Waals surface area contributed by atoms with Crippen LogP contribution in [0.2, 0.25) is 0 Å². The lowest BCUT2D eigenvalue weighted by Crippen LogP contribution is -2.59. The third-order valence-corrected chi connectivity index (χ3v) is 4.67. The van der Waals surface area contributed by atoms with Crippen molar-refractivity contribution in [3.8, 4) is 0 Å². The van der Waals surface area contributed by atoms with Gasteiger partial charge in [-0.15, -0.1) is 0 Å². The van der Waals surface area contributed by atoms with Crippen molar-refractivity contribution in [2.75, 3.05) is 19.6 Å². The van der Waals surface area contributed by atoms with Gasteiger partial charge in [0, 0.05) is 38.8 Å². The molecule has 1 aliphatic heterocycles. The number of nitrogens with zero attached hydrogens (tertiary/aromatic N) is 3. The molecule has 1 saturated carbocycles. The Labute approximate surface area is 109 Å². The van der Waals surface area contributed by atoms with Gasteiger partial charge in [0.05, 0.1) is 11.4 Å². The van der Waals surface area contributed by atoms with E-state index in [-0.39, 0.29) is 0 Å². The predicted molar refractivity (Wildman–Crippen MR) is 72.4 cm³/mol. The third kappa shape index (κ3) is 2.08. The first-order valence-corrected chi connectivity index (χ1v) is 7.15. The molecule has 4 heteroatoms. The highest BCUT2D eigenvalue weighted by atomic mass is 15.3. The van der Waals surface area contributed by atoms with Crippen LogP contribution in [0.4, 0.5) is 0 Å². The van der Waals surface area contributed by atoms with Crippen molar-refractivity contribution < 1.29 is 0 Å². The van der Waals surface area contributed by atoms with Gasteiger partial charge in [-0.25, -0.2) is 0 Å². The van der Waals surface area contributed by atoms with Crippen LogP contribution in [0.1, 0.15) is 37.1 Å². The summed E-state index contributed by atoms with van der Waals surface area (Å²) in [6.07, 6.45) is 5.50. The van der Waals surface area contributed by atoms with E-state index in [1.54, 1.807) is 0 Å². The molecule has 3 rings (SSSR count). The molecule has 1 aromatic heterocycles. The fourth-order valence-corrected chi connectivity index (χ4v) is 3.66. The van der Waals surface area contributed by atoms with Crippen molar-refractivity contribution in [2.24, 2.45) is 7.05 Å². The summed E-state index contributed by atoms with van der Waals surface area (Å²) in [7, 11) is 2.06. The number of rotatable bonds is 2. The van der Waals surface area contributed by atoms with E-state index >= 15 is 0 Å². The first-order valence-electron chi connectivity index (χ1n) is 7.15. The summed E-state index contributed by atoms with van der Waals surface area (Å²) < 4.78 is 2.04. The van der Waals surface area contributed by atoms with E-state index in [1.165, 1.54) is 44.5 Å². The van der Waals surface area contributed by atoms with Gasteiger partial charge >= 0.3 is 0 Å². The minimum atomic E-state index is 0.427. The van der Waals surface area contributed by atoms with E-state index in [0.29, 0.717) is 5.54 Å². The number of nitrogens with one attached hydrogen (secondary N) is 1. The van der Waals surface area contributed by atoms with Crippen LogP contribution in [-0.4, -0.2) is 39.9 Å². The molecule has 100 valence electrons. The first-order chi connectivity index (χ1) is 8.70. The van der Waals surface area contributed by atoms with E-state index < -0.39 is 0 Å². The lowest BCUT2D eigenvalue weighted by Gasteiger charge is -2.45. The van der Waals surface area contributed by atoms with Crippen molar-refractivity contribution in [3.63, 3.8) is 0 Å². The summed E-state index contributed by atoms with van der Waals surface area (Å²) in [6, 6.07) is 2.23. The summed E-state index contributed by atoms with van der Waals surface area (Å²) in [5, 5.41) is 8.05. The minimum Gasteiger partial charge on any atom is -0.314 e. The molecule has 1 aromatic rings. The molecule has 0 unspecified atom stereocenters. The highest BCUT2D eigenvalue weighted by molar-refractivity contribution is 5.10. The predicted octanol–water partition coefficient (Wildman–Crippen LogP) is 1.45. The highest BCUT2D eigenvalue weighted by Gasteiger charge is 2.41. The average molecular weight is 248 g/mol. The van der Waals surface area contributed by atoms with Crippen LogP contribution in [0, 0.1) is 6.92 Å². The van der Waals surface area contributed by atoms with Crippen LogP contribution >= 0.6 is 0 Å². The minimum absolute atomic E-state index is 0.427. The van der Waals surface area contributed by atoms with Crippen LogP contribution in [-0.2, 0) is 13.6 Å². The van der Waals surface area contributed by atoms with Crippen LogP contribution in [0.15, 0.2) is 6.07 Å². The van der Waals surface area contributed by atoms with Gasteiger partial charge < -0.3 is 5.32 Å². The monoisotopic (exact) mass is 248 g/mol. The summed E-state index contributed by atoms with van der Waals surface area (Å²) in [5.74, 6) is 0. The molecule has 1 saturated heterocycles. The van der Waals surface area contributed by atoms with Crippen LogP contribution in [0.3, 0.4) is 0 Å². The Bertz CT molecular complexity index is 417. The first kappa shape index (κ1) is 12.2. The zero-order valence-corrected chi connectivity index (χ0v) is 11.6. The maximum atomic E-state index is 4.47. The molecule has 0 bridgehead atoms. The van der Waals surface area contributed by atoms with Crippen LogP contribution in [0.25, 0.3) is 0 Å². The molecule has 2 heterocycles. The lowest BCUT2D eigenvalue weighted by atomic mass is 9.92. The second-order valence-corrected chi connectivity index (χ2v) is 5.93. The van der Waals surface area contributed by atoms with E-state index in [1.807, 2.05) is 4.68 Å². The van der Waals surface area contributed by atoms with Crippen LogP contribution < -0.4 is 5.32 Å². The molecule has 0 amide bonds. The third-order valence-electron chi connectivity index (χ3n) is 4.67. The molecule has 0 radical (unpaired) electrons. The van der Waals surface area contributed by atoms with Crippen molar-refractivity contribution in [1.29, 1.82) is 0 Å². The van der Waals surface area contributed by atoms with Gasteiger partial charge in [0.15, 0.2) is 0 Å². The SMILES string of the molecule is Cc1cc(CN2CCNCC23CCCC3)n(C)n1. The smallest absolute Gasteiger partial charge is 0.0597 e. The molecule has 4 nitrogen and oxygen atoms in total. The normalized spacial score (nSPS) is 23.9. The van der Waals surface area contributed by atoms with E-state index in [9.17, 15) is 0 Å². The van der Waals surface area contributed by atoms with Gasteiger partial charge in [0.25, 0.3) is 0 Å². The Hall–Kier alpha value is -0.870. The maximum absolute atomic E-state index is 4.47. The highest BCUT2D eigenvalue weighted by Crippen LogP contribution is 2.36. The molecule has 1 spiro atoms. The molecule has 1 N–H and O–H groups in total. The summed E-state index contributed by atoms with van der Waals surface area (Å²) in [4.78, 5) is 2.70. The van der Waals surface area contributed by atoms with Crippen molar-refractivity contribution >= 4 is 0 Å². The number of aryl methyl sites for hydroxylation is 2. The van der Waals surface area contributed by atoms with Gasteiger partial charge in [0.2, 0.25) is 0 Å². The Morgan fingerprint density at radius 2 is 2.17 bits per heavy atom. The number of aromatic nitrogens is 2. The molecular weight excluding hydrogens is 224 g/mol. The van der Waals surface area contributed by atoms with Gasteiger partial charge in [-0.05, 0) is 25.8 Å². The van der Waals surface area contributed by atoms with Gasteiger partial charge in [-0.3, -0.25) is 9.58 Å². The van der Waals surface area contributed by atoms with E-state index in [4.69, 9.17) is 0 Å². The van der Waals surface area contributed by atoms with Crippen molar-refractivity contribution in [1.82, 2.24) is 20.0 Å². The molecule has 1 aliphatic carbocycles. The maximum Gasteiger partial charge on any atom is 0.0597 e.